The maximum absolute atomic E-state index is 12.4. The zero-order chi connectivity index (χ0) is 17.8. The summed E-state index contributed by atoms with van der Waals surface area (Å²) in [5.41, 5.74) is 4.41. The van der Waals surface area contributed by atoms with E-state index in [1.165, 1.54) is 11.1 Å². The van der Waals surface area contributed by atoms with Crippen molar-refractivity contribution in [1.82, 2.24) is 10.2 Å². The molecule has 2 aromatic carbocycles. The predicted octanol–water partition coefficient (Wildman–Crippen LogP) is 4.35. The number of carbonyl (C=O) groups is 1. The van der Waals surface area contributed by atoms with E-state index in [9.17, 15) is 4.79 Å². The molecule has 3 rings (SSSR count). The van der Waals surface area contributed by atoms with Crippen LogP contribution >= 0.6 is 11.6 Å². The Morgan fingerprint density at radius 3 is 2.40 bits per heavy atom. The van der Waals surface area contributed by atoms with Crippen LogP contribution in [0.15, 0.2) is 42.5 Å². The van der Waals surface area contributed by atoms with Gasteiger partial charge in [-0.25, -0.2) is 0 Å². The van der Waals surface area contributed by atoms with Gasteiger partial charge in [0.1, 0.15) is 0 Å². The van der Waals surface area contributed by atoms with Gasteiger partial charge in [-0.2, -0.15) is 0 Å². The minimum atomic E-state index is 0.0410. The number of hydrogen-bond acceptors (Lipinski definition) is 2. The minimum Gasteiger partial charge on any atom is -0.349 e. The summed E-state index contributed by atoms with van der Waals surface area (Å²) in [6, 6.07) is 14.2. The lowest BCUT2D eigenvalue weighted by Crippen LogP contribution is -2.44. The van der Waals surface area contributed by atoms with E-state index in [2.05, 4.69) is 29.3 Å². The van der Waals surface area contributed by atoms with E-state index in [1.807, 2.05) is 37.3 Å². The van der Waals surface area contributed by atoms with Crippen LogP contribution in [-0.4, -0.2) is 29.9 Å². The molecule has 1 aliphatic rings. The maximum Gasteiger partial charge on any atom is 0.251 e. The van der Waals surface area contributed by atoms with Gasteiger partial charge in [-0.15, -0.1) is 0 Å². The molecule has 0 atom stereocenters. The Balaban J connectivity index is 1.49. The van der Waals surface area contributed by atoms with Crippen molar-refractivity contribution in [3.05, 3.63) is 69.7 Å². The van der Waals surface area contributed by atoms with Crippen LogP contribution in [-0.2, 0) is 6.54 Å². The molecule has 0 saturated carbocycles. The number of likely N-dealkylation sites (tertiary alicyclic amines) is 1. The first-order valence-corrected chi connectivity index (χ1v) is 9.24. The molecule has 0 spiro atoms. The fraction of sp³-hybridized carbons (Fsp3) is 0.381. The summed E-state index contributed by atoms with van der Waals surface area (Å²) in [5, 5.41) is 3.97. The molecule has 1 saturated heterocycles. The van der Waals surface area contributed by atoms with Gasteiger partial charge in [0, 0.05) is 36.3 Å². The summed E-state index contributed by atoms with van der Waals surface area (Å²) in [4.78, 5) is 14.9. The maximum atomic E-state index is 12.4. The number of nitrogens with one attached hydrogen (secondary N) is 1. The first-order valence-electron chi connectivity index (χ1n) is 8.86. The van der Waals surface area contributed by atoms with Gasteiger partial charge in [0.05, 0.1) is 0 Å². The summed E-state index contributed by atoms with van der Waals surface area (Å²) < 4.78 is 0. The van der Waals surface area contributed by atoms with Crippen molar-refractivity contribution in [3.8, 4) is 0 Å². The van der Waals surface area contributed by atoms with Crippen LogP contribution in [0.2, 0.25) is 5.02 Å². The van der Waals surface area contributed by atoms with E-state index in [-0.39, 0.29) is 11.9 Å². The van der Waals surface area contributed by atoms with Crippen LogP contribution in [0.4, 0.5) is 0 Å². The Hall–Kier alpha value is -1.84. The molecule has 1 fully saturated rings. The number of benzene rings is 2. The van der Waals surface area contributed by atoms with E-state index in [1.54, 1.807) is 0 Å². The summed E-state index contributed by atoms with van der Waals surface area (Å²) in [7, 11) is 0. The highest BCUT2D eigenvalue weighted by Gasteiger charge is 2.21. The SMILES string of the molecule is Cc1ccc(C(=O)NC2CCN(Cc3ccc(Cl)cc3)CC2)cc1C. The molecule has 1 amide bonds. The van der Waals surface area contributed by atoms with Gasteiger partial charge < -0.3 is 5.32 Å². The molecular weight excluding hydrogens is 332 g/mol. The molecular formula is C21H25ClN2O. The van der Waals surface area contributed by atoms with Crippen molar-refractivity contribution in [2.75, 3.05) is 13.1 Å². The number of carbonyl (C=O) groups excluding carboxylic acids is 1. The summed E-state index contributed by atoms with van der Waals surface area (Å²) in [6.07, 6.45) is 1.98. The Morgan fingerprint density at radius 2 is 1.76 bits per heavy atom. The Labute approximate surface area is 155 Å². The number of aryl methyl sites for hydroxylation is 2. The monoisotopic (exact) mass is 356 g/mol. The Bertz CT molecular complexity index is 734. The first-order chi connectivity index (χ1) is 12.0. The standard InChI is InChI=1S/C21H25ClN2O/c1-15-3-6-18(13-16(15)2)21(25)23-20-9-11-24(12-10-20)14-17-4-7-19(22)8-5-17/h3-8,13,20H,9-12,14H2,1-2H3,(H,23,25). The van der Waals surface area contributed by atoms with E-state index >= 15 is 0 Å². The second-order valence-electron chi connectivity index (χ2n) is 6.95. The third kappa shape index (κ3) is 4.83. The number of rotatable bonds is 4. The number of piperidine rings is 1. The lowest BCUT2D eigenvalue weighted by Gasteiger charge is -2.32. The molecule has 0 bridgehead atoms. The second kappa shape index (κ2) is 8.03. The molecule has 2 aromatic rings. The molecule has 1 aliphatic heterocycles. The largest absolute Gasteiger partial charge is 0.349 e. The van der Waals surface area contributed by atoms with Crippen molar-refractivity contribution in [2.24, 2.45) is 0 Å². The summed E-state index contributed by atoms with van der Waals surface area (Å²) >= 11 is 5.94. The molecule has 0 aromatic heterocycles. The molecule has 25 heavy (non-hydrogen) atoms. The van der Waals surface area contributed by atoms with E-state index in [0.717, 1.165) is 48.6 Å². The smallest absolute Gasteiger partial charge is 0.251 e. The third-order valence-corrected chi connectivity index (χ3v) is 5.26. The Kier molecular flexibility index (Phi) is 5.77. The van der Waals surface area contributed by atoms with E-state index < -0.39 is 0 Å². The van der Waals surface area contributed by atoms with Gasteiger partial charge in [0.15, 0.2) is 0 Å². The van der Waals surface area contributed by atoms with Gasteiger partial charge in [-0.05, 0) is 67.6 Å². The van der Waals surface area contributed by atoms with Gasteiger partial charge >= 0.3 is 0 Å². The second-order valence-corrected chi connectivity index (χ2v) is 7.39. The minimum absolute atomic E-state index is 0.0410. The average Bonchev–Trinajstić information content (AvgIpc) is 2.61. The summed E-state index contributed by atoms with van der Waals surface area (Å²) in [5.74, 6) is 0.0410. The number of halogens is 1. The van der Waals surface area contributed by atoms with Gasteiger partial charge in [-0.3, -0.25) is 9.69 Å². The number of nitrogens with zero attached hydrogens (tertiary/aromatic N) is 1. The van der Waals surface area contributed by atoms with Crippen molar-refractivity contribution >= 4 is 17.5 Å². The van der Waals surface area contributed by atoms with Crippen LogP contribution < -0.4 is 5.32 Å². The lowest BCUT2D eigenvalue weighted by atomic mass is 10.0. The average molecular weight is 357 g/mol. The van der Waals surface area contributed by atoms with Crippen molar-refractivity contribution in [3.63, 3.8) is 0 Å². The predicted molar refractivity (Wildman–Crippen MR) is 103 cm³/mol. The molecule has 1 N–H and O–H groups in total. The Morgan fingerprint density at radius 1 is 1.08 bits per heavy atom. The molecule has 0 unspecified atom stereocenters. The number of amides is 1. The molecule has 132 valence electrons. The van der Waals surface area contributed by atoms with Gasteiger partial charge in [0.2, 0.25) is 0 Å². The van der Waals surface area contributed by atoms with E-state index in [4.69, 9.17) is 11.6 Å². The van der Waals surface area contributed by atoms with Crippen LogP contribution in [0.25, 0.3) is 0 Å². The fourth-order valence-corrected chi connectivity index (χ4v) is 3.36. The van der Waals surface area contributed by atoms with Gasteiger partial charge in [0.25, 0.3) is 5.91 Å². The zero-order valence-corrected chi connectivity index (χ0v) is 15.6. The van der Waals surface area contributed by atoms with Crippen molar-refractivity contribution in [2.45, 2.75) is 39.3 Å². The molecule has 0 radical (unpaired) electrons. The fourth-order valence-electron chi connectivity index (χ4n) is 3.23. The quantitative estimate of drug-likeness (QED) is 0.883. The topological polar surface area (TPSA) is 32.3 Å². The third-order valence-electron chi connectivity index (χ3n) is 5.01. The van der Waals surface area contributed by atoms with Crippen LogP contribution in [0.3, 0.4) is 0 Å². The molecule has 3 nitrogen and oxygen atoms in total. The van der Waals surface area contributed by atoms with Gasteiger partial charge in [-0.1, -0.05) is 29.8 Å². The van der Waals surface area contributed by atoms with Crippen LogP contribution in [0, 0.1) is 13.8 Å². The van der Waals surface area contributed by atoms with Crippen molar-refractivity contribution in [1.29, 1.82) is 0 Å². The highest BCUT2D eigenvalue weighted by Crippen LogP contribution is 2.17. The molecule has 4 heteroatoms. The van der Waals surface area contributed by atoms with Crippen LogP contribution in [0.1, 0.15) is 39.9 Å². The van der Waals surface area contributed by atoms with Crippen LogP contribution in [0.5, 0.6) is 0 Å². The highest BCUT2D eigenvalue weighted by molar-refractivity contribution is 6.30. The first kappa shape index (κ1) is 18.0. The summed E-state index contributed by atoms with van der Waals surface area (Å²) in [6.45, 7) is 7.05. The van der Waals surface area contributed by atoms with Crippen molar-refractivity contribution < 1.29 is 4.79 Å². The normalized spacial score (nSPS) is 16.0. The number of hydrogen-bond donors (Lipinski definition) is 1. The van der Waals surface area contributed by atoms with E-state index in [0.29, 0.717) is 0 Å². The zero-order valence-electron chi connectivity index (χ0n) is 14.9. The molecule has 0 aliphatic carbocycles. The molecule has 1 heterocycles. The lowest BCUT2D eigenvalue weighted by molar-refractivity contribution is 0.0909. The highest BCUT2D eigenvalue weighted by atomic mass is 35.5.